The van der Waals surface area contributed by atoms with Gasteiger partial charge in [-0.05, 0) is 42.4 Å². The van der Waals surface area contributed by atoms with Crippen molar-refractivity contribution in [2.24, 2.45) is 5.41 Å². The van der Waals surface area contributed by atoms with Crippen LogP contribution in [0.25, 0.3) is 0 Å². The summed E-state index contributed by atoms with van der Waals surface area (Å²) < 4.78 is 0. The first kappa shape index (κ1) is 14.1. The lowest BCUT2D eigenvalue weighted by molar-refractivity contribution is -0.122. The number of anilines is 1. The molecule has 1 saturated carbocycles. The first-order valence-corrected chi connectivity index (χ1v) is 6.82. The molecule has 0 spiro atoms. The van der Waals surface area contributed by atoms with E-state index in [-0.39, 0.29) is 17.9 Å². The van der Waals surface area contributed by atoms with Crippen LogP contribution < -0.4 is 5.32 Å². The van der Waals surface area contributed by atoms with Crippen LogP contribution in [0.3, 0.4) is 0 Å². The maximum atomic E-state index is 12.1. The molecule has 0 atom stereocenters. The van der Waals surface area contributed by atoms with E-state index in [0.29, 0.717) is 0 Å². The molecule has 0 aromatic heterocycles. The van der Waals surface area contributed by atoms with Crippen molar-refractivity contribution in [3.63, 3.8) is 0 Å². The first-order chi connectivity index (χ1) is 8.78. The monoisotopic (exact) mass is 261 g/mol. The van der Waals surface area contributed by atoms with Crippen molar-refractivity contribution < 1.29 is 9.90 Å². The summed E-state index contributed by atoms with van der Waals surface area (Å²) in [5.41, 5.74) is 2.75. The van der Waals surface area contributed by atoms with Crippen LogP contribution >= 0.6 is 0 Å². The average molecular weight is 261 g/mol. The summed E-state index contributed by atoms with van der Waals surface area (Å²) in [6.45, 7) is 8.46. The fourth-order valence-electron chi connectivity index (χ4n) is 2.13. The number of benzene rings is 1. The van der Waals surface area contributed by atoms with Gasteiger partial charge >= 0.3 is 0 Å². The van der Waals surface area contributed by atoms with Gasteiger partial charge in [-0.1, -0.05) is 32.9 Å². The molecule has 1 amide bonds. The number of nitrogens with one attached hydrogen (secondary N) is 1. The molecule has 3 nitrogen and oxygen atoms in total. The van der Waals surface area contributed by atoms with Crippen LogP contribution in [0, 0.1) is 12.3 Å². The summed E-state index contributed by atoms with van der Waals surface area (Å²) in [6, 6.07) is 6.14. The summed E-state index contributed by atoms with van der Waals surface area (Å²) in [5, 5.41) is 12.2. The van der Waals surface area contributed by atoms with Crippen LogP contribution in [-0.2, 0) is 10.2 Å². The quantitative estimate of drug-likeness (QED) is 0.878. The molecular formula is C16H23NO2. The third-order valence-corrected chi connectivity index (χ3v) is 3.98. The van der Waals surface area contributed by atoms with Crippen LogP contribution in [0.4, 0.5) is 5.69 Å². The molecule has 104 valence electrons. The molecule has 3 heteroatoms. The largest absolute Gasteiger partial charge is 0.395 e. The molecular weight excluding hydrogens is 238 g/mol. The minimum Gasteiger partial charge on any atom is -0.395 e. The number of hydrogen-bond acceptors (Lipinski definition) is 2. The molecule has 0 saturated heterocycles. The van der Waals surface area contributed by atoms with Gasteiger partial charge in [-0.3, -0.25) is 4.79 Å². The zero-order valence-electron chi connectivity index (χ0n) is 12.2. The second-order valence-electron chi connectivity index (χ2n) is 6.67. The second-order valence-corrected chi connectivity index (χ2v) is 6.67. The molecule has 2 N–H and O–H groups in total. The Hall–Kier alpha value is -1.35. The Bertz CT molecular complexity index is 496. The summed E-state index contributed by atoms with van der Waals surface area (Å²) >= 11 is 0. The van der Waals surface area contributed by atoms with Gasteiger partial charge in [0.25, 0.3) is 0 Å². The maximum absolute atomic E-state index is 12.1. The van der Waals surface area contributed by atoms with E-state index < -0.39 is 5.41 Å². The van der Waals surface area contributed by atoms with Gasteiger partial charge in [0.15, 0.2) is 0 Å². The van der Waals surface area contributed by atoms with Crippen molar-refractivity contribution in [3.8, 4) is 0 Å². The van der Waals surface area contributed by atoms with E-state index in [1.54, 1.807) is 0 Å². The smallest absolute Gasteiger partial charge is 0.232 e. The normalized spacial score (nSPS) is 17.1. The molecule has 0 unspecified atom stereocenters. The third kappa shape index (κ3) is 2.81. The molecule has 19 heavy (non-hydrogen) atoms. The Morgan fingerprint density at radius 3 is 2.42 bits per heavy atom. The van der Waals surface area contributed by atoms with Crippen LogP contribution in [0.5, 0.6) is 0 Å². The van der Waals surface area contributed by atoms with Crippen molar-refractivity contribution in [1.82, 2.24) is 0 Å². The van der Waals surface area contributed by atoms with Gasteiger partial charge in [-0.2, -0.15) is 0 Å². The standard InChI is InChI=1S/C16H23NO2/c1-11-9-12(15(2,3)4)5-6-13(11)17-14(19)16(10-18)7-8-16/h5-6,9,18H,7-8,10H2,1-4H3,(H,17,19). The van der Waals surface area contributed by atoms with E-state index in [2.05, 4.69) is 38.2 Å². The van der Waals surface area contributed by atoms with Gasteiger partial charge in [0.1, 0.15) is 0 Å². The lowest BCUT2D eigenvalue weighted by atomic mass is 9.86. The highest BCUT2D eigenvalue weighted by Gasteiger charge is 2.49. The number of aliphatic hydroxyl groups excluding tert-OH is 1. The van der Waals surface area contributed by atoms with Crippen LogP contribution in [0.15, 0.2) is 18.2 Å². The van der Waals surface area contributed by atoms with Crippen molar-refractivity contribution in [2.45, 2.75) is 46.0 Å². The van der Waals surface area contributed by atoms with E-state index >= 15 is 0 Å². The predicted octanol–water partition coefficient (Wildman–Crippen LogP) is 3.00. The Morgan fingerprint density at radius 1 is 1.37 bits per heavy atom. The van der Waals surface area contributed by atoms with E-state index in [0.717, 1.165) is 24.1 Å². The number of aliphatic hydroxyl groups is 1. The summed E-state index contributed by atoms with van der Waals surface area (Å²) in [6.07, 6.45) is 1.57. The summed E-state index contributed by atoms with van der Waals surface area (Å²) in [5.74, 6) is -0.0541. The molecule has 0 heterocycles. The zero-order valence-corrected chi connectivity index (χ0v) is 12.2. The van der Waals surface area contributed by atoms with E-state index in [1.165, 1.54) is 5.56 Å². The van der Waals surface area contributed by atoms with E-state index in [4.69, 9.17) is 0 Å². The molecule has 1 fully saturated rings. The van der Waals surface area contributed by atoms with E-state index in [9.17, 15) is 9.90 Å². The molecule has 0 radical (unpaired) electrons. The van der Waals surface area contributed by atoms with Crippen molar-refractivity contribution in [2.75, 3.05) is 11.9 Å². The molecule has 1 aromatic rings. The molecule has 0 aliphatic heterocycles. The maximum Gasteiger partial charge on any atom is 0.232 e. The number of carbonyl (C=O) groups excluding carboxylic acids is 1. The lowest BCUT2D eigenvalue weighted by Crippen LogP contribution is -2.27. The topological polar surface area (TPSA) is 49.3 Å². The third-order valence-electron chi connectivity index (χ3n) is 3.98. The minimum atomic E-state index is -0.519. The fourth-order valence-corrected chi connectivity index (χ4v) is 2.13. The van der Waals surface area contributed by atoms with Gasteiger partial charge < -0.3 is 10.4 Å². The number of carbonyl (C=O) groups is 1. The Morgan fingerprint density at radius 2 is 2.00 bits per heavy atom. The summed E-state index contributed by atoms with van der Waals surface area (Å²) in [4.78, 5) is 12.1. The van der Waals surface area contributed by atoms with Crippen LogP contribution in [0.2, 0.25) is 0 Å². The highest BCUT2D eigenvalue weighted by molar-refractivity contribution is 5.97. The number of aryl methyl sites for hydroxylation is 1. The number of rotatable bonds is 3. The van der Waals surface area contributed by atoms with E-state index in [1.807, 2.05) is 13.0 Å². The van der Waals surface area contributed by atoms with Crippen molar-refractivity contribution in [1.29, 1.82) is 0 Å². The summed E-state index contributed by atoms with van der Waals surface area (Å²) in [7, 11) is 0. The second kappa shape index (κ2) is 4.64. The Balaban J connectivity index is 2.16. The molecule has 1 aliphatic carbocycles. The fraction of sp³-hybridized carbons (Fsp3) is 0.562. The highest BCUT2D eigenvalue weighted by atomic mass is 16.3. The predicted molar refractivity (Wildman–Crippen MR) is 77.3 cm³/mol. The van der Waals surface area contributed by atoms with Crippen molar-refractivity contribution in [3.05, 3.63) is 29.3 Å². The lowest BCUT2D eigenvalue weighted by Gasteiger charge is -2.21. The van der Waals surface area contributed by atoms with Gasteiger partial charge in [-0.15, -0.1) is 0 Å². The zero-order chi connectivity index (χ0) is 14.3. The molecule has 0 bridgehead atoms. The average Bonchev–Trinajstić information content (AvgIpc) is 3.11. The Kier molecular flexibility index (Phi) is 3.43. The van der Waals surface area contributed by atoms with Gasteiger partial charge in [-0.25, -0.2) is 0 Å². The minimum absolute atomic E-state index is 0.0541. The number of amides is 1. The highest BCUT2D eigenvalue weighted by Crippen LogP contribution is 2.46. The molecule has 1 aromatic carbocycles. The van der Waals surface area contributed by atoms with Crippen LogP contribution in [0.1, 0.15) is 44.7 Å². The molecule has 2 rings (SSSR count). The van der Waals surface area contributed by atoms with Gasteiger partial charge in [0.2, 0.25) is 5.91 Å². The SMILES string of the molecule is Cc1cc(C(C)(C)C)ccc1NC(=O)C1(CO)CC1. The Labute approximate surface area is 115 Å². The van der Waals surface area contributed by atoms with Gasteiger partial charge in [0.05, 0.1) is 12.0 Å². The van der Waals surface area contributed by atoms with Gasteiger partial charge in [0, 0.05) is 5.69 Å². The van der Waals surface area contributed by atoms with Crippen LogP contribution in [-0.4, -0.2) is 17.6 Å². The number of hydrogen-bond donors (Lipinski definition) is 2. The first-order valence-electron chi connectivity index (χ1n) is 6.82. The molecule has 1 aliphatic rings. The van der Waals surface area contributed by atoms with Crippen molar-refractivity contribution >= 4 is 11.6 Å².